The monoisotopic (exact) mass is 858 g/mol. The molecule has 2 unspecified atom stereocenters. The zero-order chi connectivity index (χ0) is 44.0. The highest BCUT2D eigenvalue weighted by atomic mass is 35.5. The molecule has 0 aromatic heterocycles. The summed E-state index contributed by atoms with van der Waals surface area (Å²) in [4.78, 5) is 16.5. The van der Waals surface area contributed by atoms with E-state index in [0.29, 0.717) is 6.42 Å². The summed E-state index contributed by atoms with van der Waals surface area (Å²) in [6.45, 7) is 12.4. The van der Waals surface area contributed by atoms with Gasteiger partial charge in [0, 0.05) is 11.6 Å². The first kappa shape index (κ1) is 47.1. The molecule has 5 aromatic rings. The predicted octanol–water partition coefficient (Wildman–Crippen LogP) is 11.0. The van der Waals surface area contributed by atoms with Crippen molar-refractivity contribution in [1.82, 2.24) is 9.80 Å². The summed E-state index contributed by atoms with van der Waals surface area (Å²) in [6.07, 6.45) is 8.12. The number of piperidine rings is 1. The fourth-order valence-electron chi connectivity index (χ4n) is 9.11. The molecule has 0 radical (unpaired) electrons. The molecular formula is C54H67ClN2O5. The predicted molar refractivity (Wildman–Crippen MR) is 252 cm³/mol. The molecule has 0 amide bonds. The molecule has 2 aliphatic heterocycles. The zero-order valence-electron chi connectivity index (χ0n) is 37.0. The van der Waals surface area contributed by atoms with E-state index < -0.39 is 28.7 Å². The average molecular weight is 860 g/mol. The fraction of sp³-hybridized carbons (Fsp3) is 0.426. The van der Waals surface area contributed by atoms with Gasteiger partial charge >= 0.3 is 5.97 Å². The lowest BCUT2D eigenvalue weighted by Gasteiger charge is -2.42. The smallest absolute Gasteiger partial charge is 0.313 e. The van der Waals surface area contributed by atoms with Crippen molar-refractivity contribution in [2.75, 3.05) is 45.9 Å². The largest absolute Gasteiger partial charge is 0.481 e. The third kappa shape index (κ3) is 12.0. The second-order valence-corrected chi connectivity index (χ2v) is 18.3. The van der Waals surface area contributed by atoms with Crippen molar-refractivity contribution in [3.8, 4) is 0 Å². The number of hydrogen-bond donors (Lipinski definition) is 3. The summed E-state index contributed by atoms with van der Waals surface area (Å²) < 4.78 is 6.50. The van der Waals surface area contributed by atoms with Crippen molar-refractivity contribution in [3.05, 3.63) is 178 Å². The highest BCUT2D eigenvalue weighted by Crippen LogP contribution is 2.42. The zero-order valence-corrected chi connectivity index (χ0v) is 37.7. The molecule has 2 heterocycles. The van der Waals surface area contributed by atoms with E-state index in [1.54, 1.807) is 26.0 Å². The normalized spacial score (nSPS) is 17.3. The number of ether oxygens (including phenoxy) is 1. The summed E-state index contributed by atoms with van der Waals surface area (Å²) in [7, 11) is 0. The van der Waals surface area contributed by atoms with Crippen LogP contribution in [0.15, 0.2) is 140 Å². The Morgan fingerprint density at radius 3 is 1.63 bits per heavy atom. The third-order valence-corrected chi connectivity index (χ3v) is 13.6. The van der Waals surface area contributed by atoms with Crippen LogP contribution < -0.4 is 0 Å². The first-order valence-electron chi connectivity index (χ1n) is 22.7. The van der Waals surface area contributed by atoms with Crippen LogP contribution in [-0.2, 0) is 26.1 Å². The molecule has 2 saturated heterocycles. The Labute approximate surface area is 375 Å². The molecule has 2 atom stereocenters. The second-order valence-electron chi connectivity index (χ2n) is 17.8. The van der Waals surface area contributed by atoms with Crippen LogP contribution in [0.4, 0.5) is 0 Å². The number of carboxylic acids is 1. The lowest BCUT2D eigenvalue weighted by Crippen LogP contribution is -2.44. The molecule has 0 saturated carbocycles. The van der Waals surface area contributed by atoms with Gasteiger partial charge in [-0.05, 0) is 143 Å². The van der Waals surface area contributed by atoms with E-state index in [9.17, 15) is 20.1 Å². The van der Waals surface area contributed by atoms with Gasteiger partial charge in [0.2, 0.25) is 0 Å². The molecule has 8 heteroatoms. The van der Waals surface area contributed by atoms with Crippen LogP contribution in [0.5, 0.6) is 0 Å². The molecule has 7 rings (SSSR count). The number of carbonyl (C=O) groups is 1. The molecule has 0 spiro atoms. The highest BCUT2D eigenvalue weighted by Gasteiger charge is 2.41. The van der Waals surface area contributed by atoms with Gasteiger partial charge in [-0.1, -0.05) is 152 Å². The molecule has 0 bridgehead atoms. The van der Waals surface area contributed by atoms with Crippen molar-refractivity contribution in [1.29, 1.82) is 0 Å². The van der Waals surface area contributed by atoms with E-state index in [1.807, 2.05) is 91.0 Å². The Balaban J connectivity index is 0.000000223. The van der Waals surface area contributed by atoms with Gasteiger partial charge in [-0.3, -0.25) is 4.79 Å². The van der Waals surface area contributed by atoms with Crippen molar-refractivity contribution in [2.45, 2.75) is 94.9 Å². The first-order valence-corrected chi connectivity index (χ1v) is 23.0. The van der Waals surface area contributed by atoms with Gasteiger partial charge in [0.1, 0.15) is 11.2 Å². The van der Waals surface area contributed by atoms with Crippen LogP contribution >= 0.6 is 11.6 Å². The van der Waals surface area contributed by atoms with Gasteiger partial charge in [0.05, 0.1) is 18.1 Å². The minimum Gasteiger partial charge on any atom is -0.481 e. The number of aliphatic carboxylic acids is 1. The molecular weight excluding hydrogens is 792 g/mol. The minimum absolute atomic E-state index is 0.132. The van der Waals surface area contributed by atoms with Crippen molar-refractivity contribution >= 4 is 17.6 Å². The lowest BCUT2D eigenvalue weighted by molar-refractivity contribution is -0.142. The Bertz CT molecular complexity index is 2030. The van der Waals surface area contributed by atoms with E-state index in [-0.39, 0.29) is 5.92 Å². The molecule has 7 nitrogen and oxygen atoms in total. The average Bonchev–Trinajstić information content (AvgIpc) is 3.59. The number of benzene rings is 5. The molecule has 62 heavy (non-hydrogen) atoms. The van der Waals surface area contributed by atoms with E-state index in [4.69, 9.17) is 16.3 Å². The number of aliphatic hydroxyl groups excluding tert-OH is 1. The molecule has 3 N–H and O–H groups in total. The topological polar surface area (TPSA) is 93.5 Å². The van der Waals surface area contributed by atoms with Gasteiger partial charge < -0.3 is 29.9 Å². The number of halogens is 1. The van der Waals surface area contributed by atoms with E-state index in [2.05, 4.69) is 53.1 Å². The SMILES string of the molecule is CC(C)(C(=O)O)c1ccc(C(O)CCCN2CCC(C(O)(c3ccccc3)c3ccccc3)CC2)cc1.CC(OCCN1CCCCCC1)(c1ccccc1)c1ccc(Cl)cc1. The van der Waals surface area contributed by atoms with Gasteiger partial charge in [-0.2, -0.15) is 0 Å². The van der Waals surface area contributed by atoms with E-state index >= 15 is 0 Å². The molecule has 5 aromatic carbocycles. The van der Waals surface area contributed by atoms with Crippen LogP contribution in [0.3, 0.4) is 0 Å². The maximum atomic E-state index is 12.1. The van der Waals surface area contributed by atoms with Crippen LogP contribution in [0.25, 0.3) is 0 Å². The maximum absolute atomic E-state index is 12.1. The number of hydrogen-bond acceptors (Lipinski definition) is 6. The highest BCUT2D eigenvalue weighted by molar-refractivity contribution is 6.30. The van der Waals surface area contributed by atoms with E-state index in [1.165, 1.54) is 44.3 Å². The number of aliphatic hydroxyl groups is 2. The summed E-state index contributed by atoms with van der Waals surface area (Å²) in [5.41, 5.74) is 3.32. The van der Waals surface area contributed by atoms with Crippen LogP contribution in [0.2, 0.25) is 5.02 Å². The van der Waals surface area contributed by atoms with Crippen molar-refractivity contribution in [3.63, 3.8) is 0 Å². The van der Waals surface area contributed by atoms with Gasteiger partial charge in [0.25, 0.3) is 0 Å². The molecule has 2 fully saturated rings. The number of rotatable bonds is 16. The maximum Gasteiger partial charge on any atom is 0.313 e. The summed E-state index contributed by atoms with van der Waals surface area (Å²) in [6, 6.07) is 45.8. The quantitative estimate of drug-likeness (QED) is 0.0910. The Morgan fingerprint density at radius 2 is 1.11 bits per heavy atom. The Morgan fingerprint density at radius 1 is 0.645 bits per heavy atom. The summed E-state index contributed by atoms with van der Waals surface area (Å²) in [5.74, 6) is -0.733. The molecule has 330 valence electrons. The number of nitrogens with zero attached hydrogens (tertiary/aromatic N) is 2. The van der Waals surface area contributed by atoms with Crippen LogP contribution in [0.1, 0.15) is 112 Å². The van der Waals surface area contributed by atoms with Gasteiger partial charge in [0.15, 0.2) is 0 Å². The van der Waals surface area contributed by atoms with E-state index in [0.717, 1.165) is 84.9 Å². The number of likely N-dealkylation sites (tertiary alicyclic amines) is 2. The summed E-state index contributed by atoms with van der Waals surface area (Å²) in [5, 5.41) is 32.9. The summed E-state index contributed by atoms with van der Waals surface area (Å²) >= 11 is 6.08. The fourth-order valence-corrected chi connectivity index (χ4v) is 9.24. The Kier molecular flexibility index (Phi) is 17.0. The lowest BCUT2D eigenvalue weighted by atomic mass is 9.72. The molecule has 2 aliphatic rings. The third-order valence-electron chi connectivity index (χ3n) is 13.3. The molecule has 0 aliphatic carbocycles. The van der Waals surface area contributed by atoms with Crippen molar-refractivity contribution < 1.29 is 24.9 Å². The minimum atomic E-state index is -1.01. The second kappa shape index (κ2) is 22.3. The first-order chi connectivity index (χ1) is 29.9. The van der Waals surface area contributed by atoms with Crippen molar-refractivity contribution in [2.24, 2.45) is 5.92 Å². The van der Waals surface area contributed by atoms with Crippen LogP contribution in [0, 0.1) is 5.92 Å². The van der Waals surface area contributed by atoms with Crippen LogP contribution in [-0.4, -0.2) is 77.0 Å². The van der Waals surface area contributed by atoms with Gasteiger partial charge in [-0.25, -0.2) is 0 Å². The van der Waals surface area contributed by atoms with Gasteiger partial charge in [-0.15, -0.1) is 0 Å². The Hall–Kier alpha value is -4.34. The standard InChI is InChI=1S/C32H39NO4.C22H28ClNO/c1-31(2,30(35)36)25-17-15-24(16-18-25)29(34)14-9-21-33-22-19-28(20-23-33)32(37,26-10-5-3-6-11-26)27-12-7-4-8-13-27;1-22(19-9-5-4-6-10-19,20-11-13-21(23)14-12-20)25-18-17-24-15-7-2-3-8-16-24/h3-8,10-13,15-18,28-29,34,37H,9,14,19-23H2,1-2H3,(H,35,36);4-6,9-14H,2-3,7-8,15-18H2,1H3. The number of carboxylic acid groups (broad SMARTS) is 1.